The Bertz CT molecular complexity index is 613. The van der Waals surface area contributed by atoms with E-state index in [0.29, 0.717) is 12.5 Å². The van der Waals surface area contributed by atoms with Crippen LogP contribution >= 0.6 is 0 Å². The highest BCUT2D eigenvalue weighted by atomic mass is 32.1. The van der Waals surface area contributed by atoms with Crippen molar-refractivity contribution in [1.29, 1.82) is 0 Å². The minimum absolute atomic E-state index is 0.0276. The Labute approximate surface area is 127 Å². The maximum atomic E-state index is 12.2. The van der Waals surface area contributed by atoms with Crippen LogP contribution in [0.1, 0.15) is 12.8 Å². The molecule has 2 heterocycles. The molecule has 1 aromatic carbocycles. The van der Waals surface area contributed by atoms with Gasteiger partial charge in [0.15, 0.2) is 0 Å². The highest BCUT2D eigenvalue weighted by molar-refractivity contribution is 7.58. The number of benzene rings is 1. The Hall–Kier alpha value is -1.57. The number of carbonyl (C=O) groups excluding carboxylic acids is 1. The number of fused-ring (bicyclic) bond motifs is 1. The molecule has 112 valence electrons. The summed E-state index contributed by atoms with van der Waals surface area (Å²) >= 11 is 1.15. The topological polar surface area (TPSA) is 77.3 Å². The van der Waals surface area contributed by atoms with E-state index < -0.39 is 0 Å². The lowest BCUT2D eigenvalue weighted by Gasteiger charge is -2.16. The molecule has 1 fully saturated rings. The molecule has 1 unspecified atom stereocenters. The van der Waals surface area contributed by atoms with Gasteiger partial charge >= 0.3 is 0 Å². The van der Waals surface area contributed by atoms with E-state index in [9.17, 15) is 4.79 Å². The maximum absolute atomic E-state index is 12.2. The first-order valence-corrected chi connectivity index (χ1v) is 7.83. The van der Waals surface area contributed by atoms with E-state index in [1.165, 1.54) is 0 Å². The summed E-state index contributed by atoms with van der Waals surface area (Å²) in [7, 11) is 0. The van der Waals surface area contributed by atoms with Crippen LogP contribution in [0.2, 0.25) is 0 Å². The lowest BCUT2D eigenvalue weighted by molar-refractivity contribution is -0.117. The second-order valence-electron chi connectivity index (χ2n) is 5.39. The number of carbonyl (C=O) groups is 1. The molecule has 0 aliphatic carbocycles. The van der Waals surface area contributed by atoms with Crippen LogP contribution in [-0.2, 0) is 16.1 Å². The summed E-state index contributed by atoms with van der Waals surface area (Å²) in [5.41, 5.74) is 2.27. The highest BCUT2D eigenvalue weighted by Crippen LogP contribution is 2.38. The van der Waals surface area contributed by atoms with E-state index in [4.69, 9.17) is 5.11 Å². The molecule has 1 aromatic rings. The number of aliphatic hydroxyl groups is 1. The normalized spacial score (nSPS) is 20.3. The number of nitrogens with one attached hydrogen (secondary N) is 1. The largest absolute Gasteiger partial charge is 0.396 e. The SMILES string of the molecule is O=C(CN1CCC(CCO)C1)Nc1cccc2c1N=S=N2. The first kappa shape index (κ1) is 14.4. The second-order valence-corrected chi connectivity index (χ2v) is 5.92. The Kier molecular flexibility index (Phi) is 4.42. The highest BCUT2D eigenvalue weighted by Gasteiger charge is 2.24. The number of anilines is 1. The van der Waals surface area contributed by atoms with Gasteiger partial charge in [-0.1, -0.05) is 6.07 Å². The van der Waals surface area contributed by atoms with Crippen molar-refractivity contribution in [3.8, 4) is 0 Å². The molecular formula is C14H18N4O2S. The van der Waals surface area contributed by atoms with Crippen LogP contribution in [-0.4, -0.2) is 42.2 Å². The van der Waals surface area contributed by atoms with Gasteiger partial charge < -0.3 is 10.4 Å². The third-order valence-corrected chi connectivity index (χ3v) is 4.38. The molecule has 2 aliphatic rings. The van der Waals surface area contributed by atoms with Gasteiger partial charge in [0.25, 0.3) is 0 Å². The van der Waals surface area contributed by atoms with Gasteiger partial charge in [-0.25, -0.2) is 0 Å². The molecule has 2 aliphatic heterocycles. The summed E-state index contributed by atoms with van der Waals surface area (Å²) in [6.45, 7) is 2.41. The van der Waals surface area contributed by atoms with Crippen LogP contribution in [0.15, 0.2) is 26.9 Å². The van der Waals surface area contributed by atoms with E-state index in [1.807, 2.05) is 18.2 Å². The summed E-state index contributed by atoms with van der Waals surface area (Å²) < 4.78 is 8.38. The van der Waals surface area contributed by atoms with E-state index in [2.05, 4.69) is 18.9 Å². The molecule has 0 saturated carbocycles. The molecule has 1 amide bonds. The standard InChI is InChI=1S/C14H18N4O2S/c19-7-5-10-4-6-18(8-10)9-13(20)15-11-2-1-3-12-14(11)17-21-16-12/h1-3,10,19H,4-9H2,(H,15,20). The number of hydrogen-bond acceptors (Lipinski definition) is 5. The van der Waals surface area contributed by atoms with Crippen LogP contribution in [0.4, 0.5) is 17.1 Å². The van der Waals surface area contributed by atoms with Crippen molar-refractivity contribution >= 4 is 34.3 Å². The molecule has 1 atom stereocenters. The Morgan fingerprint density at radius 3 is 3.24 bits per heavy atom. The minimum atomic E-state index is -0.0276. The quantitative estimate of drug-likeness (QED) is 0.887. The van der Waals surface area contributed by atoms with Gasteiger partial charge in [0.1, 0.15) is 11.4 Å². The average molecular weight is 306 g/mol. The van der Waals surface area contributed by atoms with Gasteiger partial charge in [0, 0.05) is 13.2 Å². The molecule has 3 rings (SSSR count). The Morgan fingerprint density at radius 1 is 1.48 bits per heavy atom. The fourth-order valence-electron chi connectivity index (χ4n) is 2.77. The van der Waals surface area contributed by atoms with Gasteiger partial charge in [-0.15, -0.1) is 0 Å². The molecule has 1 saturated heterocycles. The first-order valence-electron chi connectivity index (χ1n) is 7.10. The predicted octanol–water partition coefficient (Wildman–Crippen LogP) is 2.06. The lowest BCUT2D eigenvalue weighted by atomic mass is 10.1. The van der Waals surface area contributed by atoms with Crippen molar-refractivity contribution in [2.24, 2.45) is 14.6 Å². The monoisotopic (exact) mass is 306 g/mol. The number of nitrogens with zero attached hydrogens (tertiary/aromatic N) is 3. The first-order chi connectivity index (χ1) is 10.3. The Morgan fingerprint density at radius 2 is 2.38 bits per heavy atom. The minimum Gasteiger partial charge on any atom is -0.396 e. The predicted molar refractivity (Wildman–Crippen MR) is 82.9 cm³/mol. The van der Waals surface area contributed by atoms with Gasteiger partial charge in [-0.05, 0) is 37.4 Å². The molecule has 0 bridgehead atoms. The summed E-state index contributed by atoms with van der Waals surface area (Å²) in [4.78, 5) is 14.3. The molecule has 0 radical (unpaired) electrons. The fourth-order valence-corrected chi connectivity index (χ4v) is 3.32. The van der Waals surface area contributed by atoms with Crippen molar-refractivity contribution in [1.82, 2.24) is 4.90 Å². The van der Waals surface area contributed by atoms with Gasteiger partial charge in [0.05, 0.1) is 23.6 Å². The zero-order valence-corrected chi connectivity index (χ0v) is 12.5. The number of rotatable bonds is 5. The van der Waals surface area contributed by atoms with E-state index in [0.717, 1.165) is 54.3 Å². The van der Waals surface area contributed by atoms with Crippen molar-refractivity contribution in [3.63, 3.8) is 0 Å². The van der Waals surface area contributed by atoms with Crippen LogP contribution < -0.4 is 5.32 Å². The molecule has 6 nitrogen and oxygen atoms in total. The summed E-state index contributed by atoms with van der Waals surface area (Å²) in [5.74, 6) is 0.481. The maximum Gasteiger partial charge on any atom is 0.238 e. The molecular weight excluding hydrogens is 288 g/mol. The second kappa shape index (κ2) is 6.46. The Balaban J connectivity index is 1.56. The summed E-state index contributed by atoms with van der Waals surface area (Å²) in [6.07, 6.45) is 1.88. The van der Waals surface area contributed by atoms with E-state index in [1.54, 1.807) is 0 Å². The number of aliphatic hydroxyl groups excluding tert-OH is 1. The van der Waals surface area contributed by atoms with Crippen LogP contribution in [0.3, 0.4) is 0 Å². The van der Waals surface area contributed by atoms with Gasteiger partial charge in [-0.2, -0.15) is 8.73 Å². The zero-order valence-electron chi connectivity index (χ0n) is 11.7. The average Bonchev–Trinajstić information content (AvgIpc) is 3.09. The van der Waals surface area contributed by atoms with Gasteiger partial charge in [0.2, 0.25) is 5.91 Å². The van der Waals surface area contributed by atoms with Crippen LogP contribution in [0.25, 0.3) is 0 Å². The van der Waals surface area contributed by atoms with Gasteiger partial charge in [-0.3, -0.25) is 9.69 Å². The molecule has 2 N–H and O–H groups in total. The number of amides is 1. The molecule has 0 aromatic heterocycles. The van der Waals surface area contributed by atoms with Crippen LogP contribution in [0, 0.1) is 5.92 Å². The zero-order chi connectivity index (χ0) is 14.7. The fraction of sp³-hybridized carbons (Fsp3) is 0.500. The van der Waals surface area contributed by atoms with Crippen molar-refractivity contribution in [3.05, 3.63) is 18.2 Å². The molecule has 7 heteroatoms. The lowest BCUT2D eigenvalue weighted by Crippen LogP contribution is -2.31. The molecule has 0 spiro atoms. The van der Waals surface area contributed by atoms with E-state index >= 15 is 0 Å². The molecule has 21 heavy (non-hydrogen) atoms. The van der Waals surface area contributed by atoms with Crippen molar-refractivity contribution in [2.45, 2.75) is 12.8 Å². The van der Waals surface area contributed by atoms with E-state index in [-0.39, 0.29) is 12.5 Å². The number of hydrogen-bond donors (Lipinski definition) is 2. The van der Waals surface area contributed by atoms with Crippen molar-refractivity contribution < 1.29 is 9.90 Å². The third-order valence-electron chi connectivity index (χ3n) is 3.83. The van der Waals surface area contributed by atoms with Crippen LogP contribution in [0.5, 0.6) is 0 Å². The smallest absolute Gasteiger partial charge is 0.238 e. The van der Waals surface area contributed by atoms with Crippen molar-refractivity contribution in [2.75, 3.05) is 31.6 Å². The summed E-state index contributed by atoms with van der Waals surface area (Å²) in [6, 6.07) is 5.60. The summed E-state index contributed by atoms with van der Waals surface area (Å²) in [5, 5.41) is 11.9. The number of likely N-dealkylation sites (tertiary alicyclic amines) is 1. The third kappa shape index (κ3) is 3.37.